The van der Waals surface area contributed by atoms with Crippen molar-refractivity contribution in [2.45, 2.75) is 27.2 Å². The zero-order valence-corrected chi connectivity index (χ0v) is 13.3. The molecule has 0 aliphatic carbocycles. The van der Waals surface area contributed by atoms with Crippen molar-refractivity contribution in [2.24, 2.45) is 11.8 Å². The average Bonchev–Trinajstić information content (AvgIpc) is 2.87. The van der Waals surface area contributed by atoms with E-state index < -0.39 is 0 Å². The Morgan fingerprint density at radius 2 is 1.77 bits per heavy atom. The molecule has 2 aromatic heterocycles. The maximum atomic E-state index is 4.90. The number of nitrogens with zero attached hydrogens (tertiary/aromatic N) is 5. The Balaban J connectivity index is 1.95. The van der Waals surface area contributed by atoms with Gasteiger partial charge in [-0.05, 0) is 37.3 Å². The number of fused-ring (bicyclic) bond motifs is 3. The SMILES string of the molecule is Cc1nc2c3ccccc3nc(N3C[C@H](C)C[C@@H](C)C3)n2n1. The van der Waals surface area contributed by atoms with Crippen molar-refractivity contribution in [2.75, 3.05) is 18.0 Å². The summed E-state index contributed by atoms with van der Waals surface area (Å²) in [6, 6.07) is 8.18. The minimum absolute atomic E-state index is 0.677. The van der Waals surface area contributed by atoms with Crippen LogP contribution in [0.1, 0.15) is 26.1 Å². The lowest BCUT2D eigenvalue weighted by molar-refractivity contribution is 0.352. The number of hydrogen-bond donors (Lipinski definition) is 0. The molecule has 4 rings (SSSR count). The summed E-state index contributed by atoms with van der Waals surface area (Å²) >= 11 is 0. The van der Waals surface area contributed by atoms with Crippen molar-refractivity contribution < 1.29 is 0 Å². The number of anilines is 1. The molecule has 114 valence electrons. The fourth-order valence-electron chi connectivity index (χ4n) is 3.68. The van der Waals surface area contributed by atoms with Crippen molar-refractivity contribution in [3.63, 3.8) is 0 Å². The number of rotatable bonds is 1. The lowest BCUT2D eigenvalue weighted by Crippen LogP contribution is -2.40. The van der Waals surface area contributed by atoms with Gasteiger partial charge in [0.15, 0.2) is 5.65 Å². The van der Waals surface area contributed by atoms with Gasteiger partial charge in [-0.1, -0.05) is 26.0 Å². The summed E-state index contributed by atoms with van der Waals surface area (Å²) in [6.45, 7) is 8.63. The molecule has 1 aliphatic heterocycles. The molecule has 5 heteroatoms. The van der Waals surface area contributed by atoms with E-state index in [4.69, 9.17) is 4.98 Å². The summed E-state index contributed by atoms with van der Waals surface area (Å²) in [4.78, 5) is 11.9. The molecule has 0 N–H and O–H groups in total. The van der Waals surface area contributed by atoms with Gasteiger partial charge >= 0.3 is 0 Å². The Labute approximate surface area is 130 Å². The van der Waals surface area contributed by atoms with E-state index in [-0.39, 0.29) is 0 Å². The van der Waals surface area contributed by atoms with Gasteiger partial charge in [-0.3, -0.25) is 0 Å². The first kappa shape index (κ1) is 13.5. The predicted molar refractivity (Wildman–Crippen MR) is 88.2 cm³/mol. The second kappa shape index (κ2) is 4.93. The van der Waals surface area contributed by atoms with Crippen LogP contribution >= 0.6 is 0 Å². The average molecular weight is 295 g/mol. The summed E-state index contributed by atoms with van der Waals surface area (Å²) < 4.78 is 1.92. The molecule has 22 heavy (non-hydrogen) atoms. The number of hydrogen-bond acceptors (Lipinski definition) is 4. The highest BCUT2D eigenvalue weighted by Crippen LogP contribution is 2.28. The van der Waals surface area contributed by atoms with Crippen molar-refractivity contribution in [1.29, 1.82) is 0 Å². The Kier molecular flexibility index (Phi) is 3.03. The van der Waals surface area contributed by atoms with Gasteiger partial charge in [-0.15, -0.1) is 5.10 Å². The Hall–Kier alpha value is -2.17. The molecular formula is C17H21N5. The topological polar surface area (TPSA) is 46.3 Å². The second-order valence-electron chi connectivity index (χ2n) is 6.67. The molecule has 0 spiro atoms. The van der Waals surface area contributed by atoms with Crippen LogP contribution in [0.5, 0.6) is 0 Å². The largest absolute Gasteiger partial charge is 0.340 e. The van der Waals surface area contributed by atoms with Gasteiger partial charge in [0.2, 0.25) is 5.95 Å². The Morgan fingerprint density at radius 3 is 2.55 bits per heavy atom. The third-order valence-electron chi connectivity index (χ3n) is 4.42. The van der Waals surface area contributed by atoms with Crippen LogP contribution in [0.15, 0.2) is 24.3 Å². The quantitative estimate of drug-likeness (QED) is 0.692. The van der Waals surface area contributed by atoms with E-state index in [1.807, 2.05) is 23.6 Å². The molecule has 2 atom stereocenters. The molecule has 0 bridgehead atoms. The van der Waals surface area contributed by atoms with Gasteiger partial charge in [0.25, 0.3) is 0 Å². The maximum absolute atomic E-state index is 4.90. The van der Waals surface area contributed by atoms with E-state index >= 15 is 0 Å². The fourth-order valence-corrected chi connectivity index (χ4v) is 3.68. The second-order valence-corrected chi connectivity index (χ2v) is 6.67. The highest BCUT2D eigenvalue weighted by Gasteiger charge is 2.25. The van der Waals surface area contributed by atoms with E-state index in [1.54, 1.807) is 0 Å². The van der Waals surface area contributed by atoms with Crippen molar-refractivity contribution in [1.82, 2.24) is 19.6 Å². The molecule has 1 saturated heterocycles. The summed E-state index contributed by atoms with van der Waals surface area (Å²) in [7, 11) is 0. The van der Waals surface area contributed by atoms with Crippen molar-refractivity contribution >= 4 is 22.5 Å². The first-order valence-electron chi connectivity index (χ1n) is 7.99. The number of piperidine rings is 1. The zero-order valence-electron chi connectivity index (χ0n) is 13.3. The third kappa shape index (κ3) is 2.12. The highest BCUT2D eigenvalue weighted by atomic mass is 15.4. The van der Waals surface area contributed by atoms with Crippen molar-refractivity contribution in [3.8, 4) is 0 Å². The van der Waals surface area contributed by atoms with Crippen LogP contribution in [-0.4, -0.2) is 32.7 Å². The standard InChI is InChI=1S/C17H21N5/c1-11-8-12(2)10-21(9-11)17-19-15-7-5-4-6-14(15)16-18-13(3)20-22(16)17/h4-7,11-12H,8-10H2,1-3H3/t11-,12-/m1/s1. The number of benzene rings is 1. The maximum Gasteiger partial charge on any atom is 0.229 e. The van der Waals surface area contributed by atoms with E-state index in [0.717, 1.165) is 41.4 Å². The van der Waals surface area contributed by atoms with Crippen LogP contribution in [0.3, 0.4) is 0 Å². The molecule has 1 aromatic carbocycles. The smallest absolute Gasteiger partial charge is 0.229 e. The van der Waals surface area contributed by atoms with Crippen LogP contribution in [0.2, 0.25) is 0 Å². The first-order valence-corrected chi connectivity index (χ1v) is 7.99. The lowest BCUT2D eigenvalue weighted by atomic mass is 9.92. The predicted octanol–water partition coefficient (Wildman–Crippen LogP) is 3.07. The molecule has 1 aliphatic rings. The molecule has 0 unspecified atom stereocenters. The van der Waals surface area contributed by atoms with Crippen LogP contribution in [0, 0.1) is 18.8 Å². The summed E-state index contributed by atoms with van der Waals surface area (Å²) in [5, 5.41) is 5.65. The molecule has 0 radical (unpaired) electrons. The van der Waals surface area contributed by atoms with Gasteiger partial charge in [0, 0.05) is 18.5 Å². The van der Waals surface area contributed by atoms with Gasteiger partial charge in [-0.2, -0.15) is 4.52 Å². The van der Waals surface area contributed by atoms with Gasteiger partial charge in [-0.25, -0.2) is 9.97 Å². The zero-order chi connectivity index (χ0) is 15.3. The minimum atomic E-state index is 0.677. The lowest BCUT2D eigenvalue weighted by Gasteiger charge is -2.35. The van der Waals surface area contributed by atoms with Gasteiger partial charge in [0.1, 0.15) is 5.82 Å². The normalized spacial score (nSPS) is 22.6. The van der Waals surface area contributed by atoms with E-state index in [0.29, 0.717) is 11.8 Å². The highest BCUT2D eigenvalue weighted by molar-refractivity contribution is 5.92. The summed E-state index contributed by atoms with van der Waals surface area (Å²) in [5.74, 6) is 3.07. The van der Waals surface area contributed by atoms with Crippen molar-refractivity contribution in [3.05, 3.63) is 30.1 Å². The molecule has 5 nitrogen and oxygen atoms in total. The number of aromatic nitrogens is 4. The molecule has 0 amide bonds. The Bertz CT molecular complexity index is 828. The minimum Gasteiger partial charge on any atom is -0.340 e. The van der Waals surface area contributed by atoms with Crippen LogP contribution < -0.4 is 4.90 Å². The monoisotopic (exact) mass is 295 g/mol. The first-order chi connectivity index (χ1) is 10.6. The van der Waals surface area contributed by atoms with Gasteiger partial charge in [0.05, 0.1) is 5.52 Å². The summed E-state index contributed by atoms with van der Waals surface area (Å²) in [5.41, 5.74) is 1.90. The molecular weight excluding hydrogens is 274 g/mol. The van der Waals surface area contributed by atoms with Crippen LogP contribution in [0.4, 0.5) is 5.95 Å². The third-order valence-corrected chi connectivity index (χ3v) is 4.42. The van der Waals surface area contributed by atoms with Crippen LogP contribution in [0.25, 0.3) is 16.6 Å². The Morgan fingerprint density at radius 1 is 1.05 bits per heavy atom. The van der Waals surface area contributed by atoms with E-state index in [1.165, 1.54) is 6.42 Å². The summed E-state index contributed by atoms with van der Waals surface area (Å²) in [6.07, 6.45) is 1.28. The van der Waals surface area contributed by atoms with Gasteiger partial charge < -0.3 is 4.90 Å². The van der Waals surface area contributed by atoms with E-state index in [9.17, 15) is 0 Å². The number of aryl methyl sites for hydroxylation is 1. The molecule has 0 saturated carbocycles. The van der Waals surface area contributed by atoms with Crippen LogP contribution in [-0.2, 0) is 0 Å². The molecule has 1 fully saturated rings. The molecule has 3 aromatic rings. The fraction of sp³-hybridized carbons (Fsp3) is 0.471. The number of para-hydroxylation sites is 1. The van der Waals surface area contributed by atoms with E-state index in [2.05, 4.69) is 41.0 Å². The molecule has 3 heterocycles.